The Labute approximate surface area is 100 Å². The van der Waals surface area contributed by atoms with Crippen LogP contribution in [-0.4, -0.2) is 23.7 Å². The van der Waals surface area contributed by atoms with E-state index in [0.29, 0.717) is 5.75 Å². The molecule has 5 heteroatoms. The maximum absolute atomic E-state index is 11.7. The molecule has 94 valence electrons. The number of phenolic OH excluding ortho intramolecular Hbond substituents is 1. The van der Waals surface area contributed by atoms with Crippen molar-refractivity contribution in [2.75, 3.05) is 7.11 Å². The summed E-state index contributed by atoms with van der Waals surface area (Å²) >= 11 is 0. The predicted octanol–water partition coefficient (Wildman–Crippen LogP) is 1.86. The number of hydrogen-bond acceptors (Lipinski definition) is 4. The average Bonchev–Trinajstić information content (AvgIpc) is 2.25. The summed E-state index contributed by atoms with van der Waals surface area (Å²) in [5, 5.41) is 9.56. The number of amides is 1. The van der Waals surface area contributed by atoms with E-state index in [1.807, 2.05) is 0 Å². The van der Waals surface area contributed by atoms with Crippen molar-refractivity contribution >= 4 is 5.91 Å². The first-order valence-electron chi connectivity index (χ1n) is 5.19. The van der Waals surface area contributed by atoms with E-state index in [0.717, 1.165) is 0 Å². The fraction of sp³-hybridized carbons (Fsp3) is 0.417. The zero-order valence-electron chi connectivity index (χ0n) is 10.4. The molecule has 0 saturated heterocycles. The molecular formula is C12H17NO4. The molecular weight excluding hydrogens is 222 g/mol. The lowest BCUT2D eigenvalue weighted by atomic mass is 10.2. The molecule has 0 aromatic heterocycles. The van der Waals surface area contributed by atoms with Gasteiger partial charge in [0.2, 0.25) is 0 Å². The minimum absolute atomic E-state index is 0.105. The van der Waals surface area contributed by atoms with Gasteiger partial charge in [0.1, 0.15) is 11.5 Å². The maximum atomic E-state index is 11.7. The third-order valence-corrected chi connectivity index (χ3v) is 1.90. The Hall–Kier alpha value is -1.75. The van der Waals surface area contributed by atoms with Crippen LogP contribution in [0.1, 0.15) is 31.1 Å². The Balaban J connectivity index is 2.81. The molecule has 0 heterocycles. The Kier molecular flexibility index (Phi) is 3.96. The van der Waals surface area contributed by atoms with E-state index in [9.17, 15) is 9.90 Å². The smallest absolute Gasteiger partial charge is 0.278 e. The molecule has 0 fully saturated rings. The first-order chi connectivity index (χ1) is 7.83. The van der Waals surface area contributed by atoms with Crippen LogP contribution < -0.4 is 10.2 Å². The summed E-state index contributed by atoms with van der Waals surface area (Å²) in [6.07, 6.45) is 0. The molecule has 0 aliphatic carbocycles. The largest absolute Gasteiger partial charge is 0.507 e. The fourth-order valence-corrected chi connectivity index (χ4v) is 1.08. The number of benzene rings is 1. The molecule has 1 rings (SSSR count). The monoisotopic (exact) mass is 239 g/mol. The number of phenols is 1. The van der Waals surface area contributed by atoms with Gasteiger partial charge in [-0.15, -0.1) is 0 Å². The number of carbonyl (C=O) groups excluding carboxylic acids is 1. The number of aromatic hydroxyl groups is 1. The van der Waals surface area contributed by atoms with Crippen molar-refractivity contribution in [1.29, 1.82) is 0 Å². The van der Waals surface area contributed by atoms with Gasteiger partial charge in [-0.2, -0.15) is 0 Å². The molecule has 1 aromatic carbocycles. The molecule has 0 aliphatic heterocycles. The molecule has 0 spiro atoms. The second-order valence-electron chi connectivity index (χ2n) is 4.53. The van der Waals surface area contributed by atoms with E-state index < -0.39 is 11.5 Å². The summed E-state index contributed by atoms with van der Waals surface area (Å²) in [4.78, 5) is 16.9. The minimum atomic E-state index is -0.517. The SMILES string of the molecule is COc1ccc(O)c(C(=O)NOC(C)(C)C)c1. The van der Waals surface area contributed by atoms with Gasteiger partial charge in [-0.05, 0) is 39.0 Å². The molecule has 0 radical (unpaired) electrons. The molecule has 2 N–H and O–H groups in total. The lowest BCUT2D eigenvalue weighted by Crippen LogP contribution is -2.33. The van der Waals surface area contributed by atoms with Gasteiger partial charge in [0.05, 0.1) is 18.3 Å². The van der Waals surface area contributed by atoms with Crippen molar-refractivity contribution < 1.29 is 19.5 Å². The van der Waals surface area contributed by atoms with Crippen molar-refractivity contribution in [3.63, 3.8) is 0 Å². The molecule has 5 nitrogen and oxygen atoms in total. The highest BCUT2D eigenvalue weighted by molar-refractivity contribution is 5.96. The van der Waals surface area contributed by atoms with Gasteiger partial charge in [0.15, 0.2) is 0 Å². The molecule has 0 bridgehead atoms. The van der Waals surface area contributed by atoms with Crippen LogP contribution in [0.25, 0.3) is 0 Å². The normalized spacial score (nSPS) is 11.1. The molecule has 0 atom stereocenters. The van der Waals surface area contributed by atoms with Crippen LogP contribution in [0.3, 0.4) is 0 Å². The highest BCUT2D eigenvalue weighted by atomic mass is 16.7. The second-order valence-corrected chi connectivity index (χ2v) is 4.53. The third kappa shape index (κ3) is 3.96. The molecule has 0 unspecified atom stereocenters. The number of rotatable bonds is 3. The second kappa shape index (κ2) is 5.05. The van der Waals surface area contributed by atoms with E-state index in [-0.39, 0.29) is 11.3 Å². The number of methoxy groups -OCH3 is 1. The third-order valence-electron chi connectivity index (χ3n) is 1.90. The lowest BCUT2D eigenvalue weighted by molar-refractivity contribution is -0.0590. The van der Waals surface area contributed by atoms with E-state index in [1.165, 1.54) is 19.2 Å². The topological polar surface area (TPSA) is 67.8 Å². The number of ether oxygens (including phenoxy) is 1. The molecule has 1 aromatic rings. The molecule has 1 amide bonds. The number of hydroxylamine groups is 1. The van der Waals surface area contributed by atoms with Crippen molar-refractivity contribution in [1.82, 2.24) is 5.48 Å². The lowest BCUT2D eigenvalue weighted by Gasteiger charge is -2.19. The van der Waals surface area contributed by atoms with E-state index in [1.54, 1.807) is 26.8 Å². The number of carbonyl (C=O) groups is 1. The summed E-state index contributed by atoms with van der Waals surface area (Å²) in [7, 11) is 1.49. The van der Waals surface area contributed by atoms with Gasteiger partial charge in [-0.25, -0.2) is 5.48 Å². The van der Waals surface area contributed by atoms with Crippen molar-refractivity contribution in [2.45, 2.75) is 26.4 Å². The minimum Gasteiger partial charge on any atom is -0.507 e. The summed E-state index contributed by atoms with van der Waals surface area (Å²) in [6, 6.07) is 4.40. The number of nitrogens with one attached hydrogen (secondary N) is 1. The van der Waals surface area contributed by atoms with Crippen molar-refractivity contribution in [2.24, 2.45) is 0 Å². The van der Waals surface area contributed by atoms with Crippen LogP contribution in [0, 0.1) is 0 Å². The van der Waals surface area contributed by atoms with Gasteiger partial charge in [-0.3, -0.25) is 9.63 Å². The standard InChI is InChI=1S/C12H17NO4/c1-12(2,3)17-13-11(15)9-7-8(16-4)5-6-10(9)14/h5-7,14H,1-4H3,(H,13,15). The quantitative estimate of drug-likeness (QED) is 0.790. The van der Waals surface area contributed by atoms with Gasteiger partial charge in [0.25, 0.3) is 5.91 Å². The maximum Gasteiger partial charge on any atom is 0.278 e. The van der Waals surface area contributed by atoms with Crippen LogP contribution >= 0.6 is 0 Å². The molecule has 0 saturated carbocycles. The fourth-order valence-electron chi connectivity index (χ4n) is 1.08. The van der Waals surface area contributed by atoms with Crippen LogP contribution in [0.2, 0.25) is 0 Å². The van der Waals surface area contributed by atoms with Crippen LogP contribution in [0.5, 0.6) is 11.5 Å². The predicted molar refractivity (Wildman–Crippen MR) is 63.0 cm³/mol. The Morgan fingerprint density at radius 3 is 2.53 bits per heavy atom. The zero-order chi connectivity index (χ0) is 13.1. The highest BCUT2D eigenvalue weighted by Crippen LogP contribution is 2.22. The summed E-state index contributed by atoms with van der Waals surface area (Å²) < 4.78 is 4.97. The van der Waals surface area contributed by atoms with Gasteiger partial charge in [-0.1, -0.05) is 0 Å². The van der Waals surface area contributed by atoms with Crippen molar-refractivity contribution in [3.05, 3.63) is 23.8 Å². The van der Waals surface area contributed by atoms with Crippen molar-refractivity contribution in [3.8, 4) is 11.5 Å². The Bertz CT molecular complexity index is 409. The first kappa shape index (κ1) is 13.3. The number of hydrogen-bond donors (Lipinski definition) is 2. The Morgan fingerprint density at radius 2 is 2.00 bits per heavy atom. The zero-order valence-corrected chi connectivity index (χ0v) is 10.4. The van der Waals surface area contributed by atoms with Gasteiger partial charge >= 0.3 is 0 Å². The van der Waals surface area contributed by atoms with Crippen LogP contribution in [-0.2, 0) is 4.84 Å². The summed E-state index contributed by atoms with van der Waals surface area (Å²) in [5.41, 5.74) is 1.89. The summed E-state index contributed by atoms with van der Waals surface area (Å²) in [6.45, 7) is 5.41. The molecule has 17 heavy (non-hydrogen) atoms. The van der Waals surface area contributed by atoms with Crippen LogP contribution in [0.15, 0.2) is 18.2 Å². The van der Waals surface area contributed by atoms with E-state index >= 15 is 0 Å². The first-order valence-corrected chi connectivity index (χ1v) is 5.19. The average molecular weight is 239 g/mol. The Morgan fingerprint density at radius 1 is 1.35 bits per heavy atom. The van der Waals surface area contributed by atoms with E-state index in [2.05, 4.69) is 5.48 Å². The summed E-state index contributed by atoms with van der Waals surface area (Å²) in [5.74, 6) is -0.152. The highest BCUT2D eigenvalue weighted by Gasteiger charge is 2.16. The van der Waals surface area contributed by atoms with Gasteiger partial charge in [0, 0.05) is 0 Å². The van der Waals surface area contributed by atoms with Gasteiger partial charge < -0.3 is 9.84 Å². The molecule has 0 aliphatic rings. The van der Waals surface area contributed by atoms with Crippen LogP contribution in [0.4, 0.5) is 0 Å². The van der Waals surface area contributed by atoms with E-state index in [4.69, 9.17) is 9.57 Å².